The first-order valence-electron chi connectivity index (χ1n) is 7.53. The maximum absolute atomic E-state index is 12.3. The molecule has 1 aliphatic heterocycles. The molecule has 6 heteroatoms. The van der Waals surface area contributed by atoms with Crippen LogP contribution in [0.4, 0.5) is 11.6 Å². The molecule has 1 aromatic heterocycles. The molecule has 21 heavy (non-hydrogen) atoms. The third-order valence-corrected chi connectivity index (χ3v) is 3.88. The minimum Gasteiger partial charge on any atom is -0.383 e. The van der Waals surface area contributed by atoms with E-state index in [1.807, 2.05) is 37.6 Å². The molecule has 0 spiro atoms. The molecular weight excluding hydrogens is 266 g/mol. The first-order chi connectivity index (χ1) is 9.90. The van der Waals surface area contributed by atoms with Crippen LogP contribution in [0.25, 0.3) is 0 Å². The molecule has 6 nitrogen and oxygen atoms in total. The topological polar surface area (TPSA) is 75.3 Å². The number of aromatic nitrogens is 2. The number of hydrogen-bond acceptors (Lipinski definition) is 5. The molecule has 0 aliphatic carbocycles. The number of nitrogens with zero attached hydrogens (tertiary/aromatic N) is 4. The molecule has 116 valence electrons. The Morgan fingerprint density at radius 2 is 1.95 bits per heavy atom. The van der Waals surface area contributed by atoms with Gasteiger partial charge in [-0.05, 0) is 19.8 Å². The van der Waals surface area contributed by atoms with Crippen LogP contribution in [0.2, 0.25) is 0 Å². The van der Waals surface area contributed by atoms with Crippen molar-refractivity contribution in [1.29, 1.82) is 0 Å². The molecule has 1 fully saturated rings. The Kier molecular flexibility index (Phi) is 4.65. The van der Waals surface area contributed by atoms with Gasteiger partial charge in [0.25, 0.3) is 0 Å². The molecule has 0 radical (unpaired) electrons. The van der Waals surface area contributed by atoms with Crippen LogP contribution in [-0.4, -0.2) is 47.5 Å². The highest BCUT2D eigenvalue weighted by Crippen LogP contribution is 2.23. The van der Waals surface area contributed by atoms with Crippen LogP contribution in [0.3, 0.4) is 0 Å². The Morgan fingerprint density at radius 3 is 2.52 bits per heavy atom. The van der Waals surface area contributed by atoms with Crippen LogP contribution >= 0.6 is 0 Å². The number of amides is 1. The Hall–Kier alpha value is -1.85. The lowest BCUT2D eigenvalue weighted by Crippen LogP contribution is -2.38. The van der Waals surface area contributed by atoms with Crippen LogP contribution in [-0.2, 0) is 4.79 Å². The number of rotatable bonds is 4. The Balaban J connectivity index is 2.17. The third-order valence-electron chi connectivity index (χ3n) is 3.88. The summed E-state index contributed by atoms with van der Waals surface area (Å²) in [6.07, 6.45) is 2.21. The average Bonchev–Trinajstić information content (AvgIpc) is 2.95. The van der Waals surface area contributed by atoms with Gasteiger partial charge in [-0.3, -0.25) is 4.79 Å². The number of carbonyl (C=O) groups excluding carboxylic acids is 1. The molecule has 2 heterocycles. The van der Waals surface area contributed by atoms with E-state index in [4.69, 9.17) is 5.73 Å². The van der Waals surface area contributed by atoms with E-state index in [-0.39, 0.29) is 11.8 Å². The van der Waals surface area contributed by atoms with Gasteiger partial charge >= 0.3 is 0 Å². The Morgan fingerprint density at radius 1 is 1.33 bits per heavy atom. The van der Waals surface area contributed by atoms with E-state index in [9.17, 15) is 4.79 Å². The minimum absolute atomic E-state index is 0.151. The molecule has 1 saturated heterocycles. The zero-order chi connectivity index (χ0) is 15.6. The van der Waals surface area contributed by atoms with Crippen LogP contribution in [0, 0.1) is 6.92 Å². The number of likely N-dealkylation sites (N-methyl/N-ethyl adjacent to an activating group) is 1. The number of anilines is 2. The predicted octanol–water partition coefficient (Wildman–Crippen LogP) is 1.55. The summed E-state index contributed by atoms with van der Waals surface area (Å²) in [5.41, 5.74) is 6.81. The molecule has 1 aromatic rings. The van der Waals surface area contributed by atoms with Gasteiger partial charge in [-0.2, -0.15) is 0 Å². The number of nitrogen functional groups attached to an aromatic ring is 1. The van der Waals surface area contributed by atoms with Gasteiger partial charge in [-0.25, -0.2) is 9.97 Å². The largest absolute Gasteiger partial charge is 0.383 e. The van der Waals surface area contributed by atoms with E-state index in [1.54, 1.807) is 0 Å². The van der Waals surface area contributed by atoms with Crippen molar-refractivity contribution in [3.8, 4) is 0 Å². The van der Waals surface area contributed by atoms with Gasteiger partial charge in [0.05, 0.1) is 6.54 Å². The minimum atomic E-state index is 0.151. The maximum Gasteiger partial charge on any atom is 0.242 e. The molecule has 0 bridgehead atoms. The molecule has 1 amide bonds. The second-order valence-electron chi connectivity index (χ2n) is 6.01. The van der Waals surface area contributed by atoms with E-state index >= 15 is 0 Å². The standard InChI is InChI=1S/C15H25N5O/c1-10(2)14-17-13(16)11(3)15(18-14)19(4)9-12(21)20-7-5-6-8-20/h10H,5-9H2,1-4H3,(H2,16,17,18). The van der Waals surface area contributed by atoms with Crippen molar-refractivity contribution < 1.29 is 4.79 Å². The highest BCUT2D eigenvalue weighted by Gasteiger charge is 2.21. The number of nitrogens with two attached hydrogens (primary N) is 1. The van der Waals surface area contributed by atoms with Crippen molar-refractivity contribution in [3.63, 3.8) is 0 Å². The summed E-state index contributed by atoms with van der Waals surface area (Å²) in [6, 6.07) is 0. The average molecular weight is 291 g/mol. The molecule has 0 unspecified atom stereocenters. The van der Waals surface area contributed by atoms with Crippen molar-refractivity contribution in [3.05, 3.63) is 11.4 Å². The first-order valence-corrected chi connectivity index (χ1v) is 7.53. The third kappa shape index (κ3) is 3.43. The van der Waals surface area contributed by atoms with Crippen LogP contribution in [0.5, 0.6) is 0 Å². The fourth-order valence-corrected chi connectivity index (χ4v) is 2.51. The summed E-state index contributed by atoms with van der Waals surface area (Å²) in [5.74, 6) is 2.31. The van der Waals surface area contributed by atoms with Gasteiger partial charge in [0.2, 0.25) is 5.91 Å². The second-order valence-corrected chi connectivity index (χ2v) is 6.01. The van der Waals surface area contributed by atoms with Crippen molar-refractivity contribution >= 4 is 17.5 Å². The maximum atomic E-state index is 12.3. The van der Waals surface area contributed by atoms with Gasteiger partial charge in [0, 0.05) is 31.6 Å². The molecule has 0 saturated carbocycles. The summed E-state index contributed by atoms with van der Waals surface area (Å²) in [4.78, 5) is 24.9. The summed E-state index contributed by atoms with van der Waals surface area (Å²) in [5, 5.41) is 0. The first kappa shape index (κ1) is 15.5. The summed E-state index contributed by atoms with van der Waals surface area (Å²) < 4.78 is 0. The lowest BCUT2D eigenvalue weighted by Gasteiger charge is -2.24. The fraction of sp³-hybridized carbons (Fsp3) is 0.667. The molecule has 1 aliphatic rings. The molecular formula is C15H25N5O. The Labute approximate surface area is 126 Å². The summed E-state index contributed by atoms with van der Waals surface area (Å²) in [7, 11) is 1.88. The highest BCUT2D eigenvalue weighted by molar-refractivity contribution is 5.81. The van der Waals surface area contributed by atoms with E-state index in [0.29, 0.717) is 18.2 Å². The molecule has 0 aromatic carbocycles. The molecule has 2 N–H and O–H groups in total. The fourth-order valence-electron chi connectivity index (χ4n) is 2.51. The van der Waals surface area contributed by atoms with Crippen LogP contribution < -0.4 is 10.6 Å². The van der Waals surface area contributed by atoms with E-state index in [0.717, 1.165) is 37.3 Å². The van der Waals surface area contributed by atoms with Gasteiger partial charge in [0.1, 0.15) is 17.5 Å². The van der Waals surface area contributed by atoms with Crippen molar-refractivity contribution in [2.75, 3.05) is 37.3 Å². The second kappa shape index (κ2) is 6.28. The van der Waals surface area contributed by atoms with Gasteiger partial charge in [0.15, 0.2) is 0 Å². The lowest BCUT2D eigenvalue weighted by atomic mass is 10.2. The summed E-state index contributed by atoms with van der Waals surface area (Å²) >= 11 is 0. The quantitative estimate of drug-likeness (QED) is 0.911. The van der Waals surface area contributed by atoms with E-state index in [2.05, 4.69) is 9.97 Å². The van der Waals surface area contributed by atoms with Crippen molar-refractivity contribution in [2.45, 2.75) is 39.5 Å². The predicted molar refractivity (Wildman–Crippen MR) is 84.4 cm³/mol. The summed E-state index contributed by atoms with van der Waals surface area (Å²) in [6.45, 7) is 8.02. The SMILES string of the molecule is Cc1c(N)nc(C(C)C)nc1N(C)CC(=O)N1CCCC1. The molecule has 0 atom stereocenters. The van der Waals surface area contributed by atoms with Crippen molar-refractivity contribution in [2.24, 2.45) is 0 Å². The van der Waals surface area contributed by atoms with Crippen LogP contribution in [0.1, 0.15) is 44.0 Å². The van der Waals surface area contributed by atoms with E-state index in [1.165, 1.54) is 0 Å². The van der Waals surface area contributed by atoms with Gasteiger partial charge < -0.3 is 15.5 Å². The normalized spacial score (nSPS) is 14.8. The van der Waals surface area contributed by atoms with Crippen molar-refractivity contribution in [1.82, 2.24) is 14.9 Å². The van der Waals surface area contributed by atoms with Gasteiger partial charge in [-0.1, -0.05) is 13.8 Å². The monoisotopic (exact) mass is 291 g/mol. The smallest absolute Gasteiger partial charge is 0.242 e. The highest BCUT2D eigenvalue weighted by atomic mass is 16.2. The number of hydrogen-bond donors (Lipinski definition) is 1. The van der Waals surface area contributed by atoms with Crippen LogP contribution in [0.15, 0.2) is 0 Å². The van der Waals surface area contributed by atoms with Gasteiger partial charge in [-0.15, -0.1) is 0 Å². The number of likely N-dealkylation sites (tertiary alicyclic amines) is 1. The molecule has 2 rings (SSSR count). The van der Waals surface area contributed by atoms with E-state index < -0.39 is 0 Å². The lowest BCUT2D eigenvalue weighted by molar-refractivity contribution is -0.128. The Bertz CT molecular complexity index is 523. The zero-order valence-electron chi connectivity index (χ0n) is 13.4. The zero-order valence-corrected chi connectivity index (χ0v) is 13.4. The number of carbonyl (C=O) groups is 1.